The molecule has 0 atom stereocenters. The Bertz CT molecular complexity index is 411. The molecule has 0 aromatic heterocycles. The van der Waals surface area contributed by atoms with Gasteiger partial charge in [-0.15, -0.1) is 0 Å². The Balaban J connectivity index is 2.07. The number of carbonyl (C=O) groups is 1. The van der Waals surface area contributed by atoms with Crippen molar-refractivity contribution >= 4 is 5.78 Å². The van der Waals surface area contributed by atoms with Crippen molar-refractivity contribution in [2.75, 3.05) is 0 Å². The molecule has 2 aliphatic carbocycles. The van der Waals surface area contributed by atoms with E-state index in [1.807, 2.05) is 0 Å². The molecule has 1 aromatic carbocycles. The lowest BCUT2D eigenvalue weighted by molar-refractivity contribution is -0.119. The van der Waals surface area contributed by atoms with Gasteiger partial charge in [0, 0.05) is 0 Å². The summed E-state index contributed by atoms with van der Waals surface area (Å²) in [5, 5.41) is 0. The quantitative estimate of drug-likeness (QED) is 0.732. The van der Waals surface area contributed by atoms with E-state index in [-0.39, 0.29) is 5.41 Å². The van der Waals surface area contributed by atoms with E-state index in [4.69, 9.17) is 0 Å². The van der Waals surface area contributed by atoms with Gasteiger partial charge in [-0.25, -0.2) is 0 Å². The molecule has 0 radical (unpaired) electrons. The lowest BCUT2D eigenvalue weighted by Gasteiger charge is -2.16. The highest BCUT2D eigenvalue weighted by Gasteiger charge is 2.50. The number of hydrogen-bond acceptors (Lipinski definition) is 1. The lowest BCUT2D eigenvalue weighted by Crippen LogP contribution is -2.18. The van der Waals surface area contributed by atoms with Crippen LogP contribution >= 0.6 is 0 Å². The zero-order chi connectivity index (χ0) is 10.5. The molecule has 3 rings (SSSR count). The van der Waals surface area contributed by atoms with E-state index in [9.17, 15) is 4.79 Å². The zero-order valence-corrected chi connectivity index (χ0v) is 9.12. The molecular formula is C14H16O. The second-order valence-electron chi connectivity index (χ2n) is 5.00. The summed E-state index contributed by atoms with van der Waals surface area (Å²) in [4.78, 5) is 11.7. The first-order chi connectivity index (χ1) is 7.24. The second kappa shape index (κ2) is 2.94. The Hall–Kier alpha value is -1.11. The molecule has 2 aliphatic rings. The van der Waals surface area contributed by atoms with Crippen molar-refractivity contribution < 1.29 is 4.79 Å². The molecule has 0 amide bonds. The normalized spacial score (nSPS) is 22.5. The third kappa shape index (κ3) is 1.33. The van der Waals surface area contributed by atoms with Crippen molar-refractivity contribution in [3.05, 3.63) is 35.4 Å². The number of Topliss-reactive ketones (excluding diaryl/α,β-unsaturated/α-hetero) is 1. The summed E-state index contributed by atoms with van der Waals surface area (Å²) in [5.74, 6) is 1.11. The zero-order valence-electron chi connectivity index (χ0n) is 9.12. The SMILES string of the molecule is CC(=O)C1(c2ccccc2C2CC2)CC1. The number of hydrogen-bond donors (Lipinski definition) is 0. The third-order valence-electron chi connectivity index (χ3n) is 3.92. The van der Waals surface area contributed by atoms with Crippen LogP contribution in [0.3, 0.4) is 0 Å². The minimum absolute atomic E-state index is 0.0841. The standard InChI is InChI=1S/C14H16O/c1-10(15)14(8-9-14)13-5-3-2-4-12(13)11-6-7-11/h2-5,11H,6-9H2,1H3. The van der Waals surface area contributed by atoms with Crippen molar-refractivity contribution in [1.29, 1.82) is 0 Å². The van der Waals surface area contributed by atoms with Crippen molar-refractivity contribution in [3.63, 3.8) is 0 Å². The van der Waals surface area contributed by atoms with Crippen molar-refractivity contribution in [1.82, 2.24) is 0 Å². The van der Waals surface area contributed by atoms with Gasteiger partial charge in [0.1, 0.15) is 5.78 Å². The van der Waals surface area contributed by atoms with E-state index in [0.29, 0.717) is 5.78 Å². The van der Waals surface area contributed by atoms with Crippen LogP contribution in [0.1, 0.15) is 49.7 Å². The highest BCUT2D eigenvalue weighted by Crippen LogP contribution is 2.53. The lowest BCUT2D eigenvalue weighted by atomic mass is 9.86. The monoisotopic (exact) mass is 200 g/mol. The van der Waals surface area contributed by atoms with Gasteiger partial charge in [0.25, 0.3) is 0 Å². The second-order valence-corrected chi connectivity index (χ2v) is 5.00. The average molecular weight is 200 g/mol. The smallest absolute Gasteiger partial charge is 0.140 e. The maximum atomic E-state index is 11.7. The highest BCUT2D eigenvalue weighted by atomic mass is 16.1. The largest absolute Gasteiger partial charge is 0.299 e. The fraction of sp³-hybridized carbons (Fsp3) is 0.500. The molecule has 1 heteroatoms. The van der Waals surface area contributed by atoms with E-state index in [1.165, 1.54) is 24.0 Å². The van der Waals surface area contributed by atoms with Gasteiger partial charge in [0.2, 0.25) is 0 Å². The minimum atomic E-state index is -0.0841. The summed E-state index contributed by atoms with van der Waals surface area (Å²) in [6.45, 7) is 1.75. The Labute approximate surface area is 90.5 Å². The van der Waals surface area contributed by atoms with Crippen LogP contribution in [0, 0.1) is 0 Å². The molecule has 78 valence electrons. The first kappa shape index (κ1) is 9.14. The van der Waals surface area contributed by atoms with Gasteiger partial charge in [-0.2, -0.15) is 0 Å². The molecular weight excluding hydrogens is 184 g/mol. The van der Waals surface area contributed by atoms with Gasteiger partial charge in [-0.3, -0.25) is 4.79 Å². The summed E-state index contributed by atoms with van der Waals surface area (Å²) in [6.07, 6.45) is 4.74. The van der Waals surface area contributed by atoms with Crippen LogP contribution in [0.2, 0.25) is 0 Å². The third-order valence-corrected chi connectivity index (χ3v) is 3.92. The first-order valence-corrected chi connectivity index (χ1v) is 5.84. The molecule has 2 saturated carbocycles. The van der Waals surface area contributed by atoms with Gasteiger partial charge in [0.05, 0.1) is 5.41 Å². The molecule has 1 aromatic rings. The first-order valence-electron chi connectivity index (χ1n) is 5.84. The van der Waals surface area contributed by atoms with E-state index in [0.717, 1.165) is 18.8 Å². The highest BCUT2D eigenvalue weighted by molar-refractivity contribution is 5.91. The average Bonchev–Trinajstić information content (AvgIpc) is 3.11. The number of ketones is 1. The molecule has 0 unspecified atom stereocenters. The molecule has 0 N–H and O–H groups in total. The van der Waals surface area contributed by atoms with Crippen LogP contribution in [-0.2, 0) is 10.2 Å². The van der Waals surface area contributed by atoms with Crippen LogP contribution in [0.15, 0.2) is 24.3 Å². The predicted octanol–water partition coefficient (Wildman–Crippen LogP) is 3.18. The van der Waals surface area contributed by atoms with Crippen LogP contribution in [0.25, 0.3) is 0 Å². The molecule has 0 bridgehead atoms. The fourth-order valence-electron chi connectivity index (χ4n) is 2.62. The molecule has 0 heterocycles. The maximum absolute atomic E-state index is 11.7. The van der Waals surface area contributed by atoms with Gasteiger partial charge >= 0.3 is 0 Å². The van der Waals surface area contributed by atoms with E-state index >= 15 is 0 Å². The minimum Gasteiger partial charge on any atom is -0.299 e. The summed E-state index contributed by atoms with van der Waals surface area (Å²) in [7, 11) is 0. The fourth-order valence-corrected chi connectivity index (χ4v) is 2.62. The maximum Gasteiger partial charge on any atom is 0.140 e. The molecule has 2 fully saturated rings. The Morgan fingerprint density at radius 1 is 1.27 bits per heavy atom. The van der Waals surface area contributed by atoms with Crippen LogP contribution in [0.5, 0.6) is 0 Å². The Kier molecular flexibility index (Phi) is 1.79. The van der Waals surface area contributed by atoms with Gasteiger partial charge in [0.15, 0.2) is 0 Å². The summed E-state index contributed by atoms with van der Waals surface area (Å²) in [6, 6.07) is 8.57. The molecule has 0 aliphatic heterocycles. The van der Waals surface area contributed by atoms with E-state index in [2.05, 4.69) is 24.3 Å². The van der Waals surface area contributed by atoms with Gasteiger partial charge < -0.3 is 0 Å². The predicted molar refractivity (Wildman–Crippen MR) is 60.0 cm³/mol. The topological polar surface area (TPSA) is 17.1 Å². The number of benzene rings is 1. The van der Waals surface area contributed by atoms with Crippen LogP contribution in [-0.4, -0.2) is 5.78 Å². The Morgan fingerprint density at radius 2 is 1.93 bits per heavy atom. The summed E-state index contributed by atoms with van der Waals surface area (Å²) >= 11 is 0. The van der Waals surface area contributed by atoms with E-state index in [1.54, 1.807) is 6.92 Å². The summed E-state index contributed by atoms with van der Waals surface area (Å²) in [5.41, 5.74) is 2.70. The number of carbonyl (C=O) groups excluding carboxylic acids is 1. The molecule has 1 nitrogen and oxygen atoms in total. The molecule has 0 spiro atoms. The van der Waals surface area contributed by atoms with Gasteiger partial charge in [-0.05, 0) is 49.7 Å². The number of rotatable bonds is 3. The molecule has 0 saturated heterocycles. The van der Waals surface area contributed by atoms with Crippen molar-refractivity contribution in [2.45, 2.75) is 43.9 Å². The Morgan fingerprint density at radius 3 is 2.47 bits per heavy atom. The van der Waals surface area contributed by atoms with Gasteiger partial charge in [-0.1, -0.05) is 24.3 Å². The molecule has 15 heavy (non-hydrogen) atoms. The van der Waals surface area contributed by atoms with Crippen LogP contribution in [0.4, 0.5) is 0 Å². The van der Waals surface area contributed by atoms with Crippen molar-refractivity contribution in [3.8, 4) is 0 Å². The van der Waals surface area contributed by atoms with E-state index < -0.39 is 0 Å². The van der Waals surface area contributed by atoms with Crippen molar-refractivity contribution in [2.24, 2.45) is 0 Å². The van der Waals surface area contributed by atoms with Crippen LogP contribution < -0.4 is 0 Å². The summed E-state index contributed by atoms with van der Waals surface area (Å²) < 4.78 is 0.